The molecule has 0 aliphatic carbocycles. The van der Waals surface area contributed by atoms with E-state index in [-0.39, 0.29) is 24.5 Å². The Morgan fingerprint density at radius 3 is 2.63 bits per heavy atom. The number of carbonyl (C=O) groups is 1. The van der Waals surface area contributed by atoms with Crippen LogP contribution < -0.4 is 0 Å². The first-order chi connectivity index (χ1) is 14.5. The Labute approximate surface area is 182 Å². The molecule has 6 heteroatoms. The van der Waals surface area contributed by atoms with Crippen molar-refractivity contribution < 1.29 is 9.53 Å². The highest BCUT2D eigenvalue weighted by Crippen LogP contribution is 2.32. The van der Waals surface area contributed by atoms with Crippen molar-refractivity contribution in [3.8, 4) is 11.3 Å². The van der Waals surface area contributed by atoms with E-state index in [1.807, 2.05) is 47.4 Å². The first-order valence-electron chi connectivity index (χ1n) is 10.3. The SMILES string of the molecule is CC(C)C(c1nc(-c2cccc(Cl)c2)cn1Cc1ccccc1)N1CCOCC1=O. The number of aromatic nitrogens is 2. The highest BCUT2D eigenvalue weighted by molar-refractivity contribution is 6.30. The van der Waals surface area contributed by atoms with Crippen LogP contribution in [0.2, 0.25) is 5.02 Å². The van der Waals surface area contributed by atoms with E-state index >= 15 is 0 Å². The topological polar surface area (TPSA) is 47.4 Å². The number of ether oxygens (including phenoxy) is 1. The number of hydrogen-bond donors (Lipinski definition) is 0. The van der Waals surface area contributed by atoms with Crippen molar-refractivity contribution in [1.82, 2.24) is 14.5 Å². The van der Waals surface area contributed by atoms with Gasteiger partial charge in [-0.15, -0.1) is 0 Å². The molecule has 2 aromatic carbocycles. The number of carbonyl (C=O) groups excluding carboxylic acids is 1. The zero-order valence-electron chi connectivity index (χ0n) is 17.3. The molecule has 3 aromatic rings. The van der Waals surface area contributed by atoms with Crippen molar-refractivity contribution in [2.75, 3.05) is 19.8 Å². The minimum absolute atomic E-state index is 0.0125. The monoisotopic (exact) mass is 423 g/mol. The van der Waals surface area contributed by atoms with Gasteiger partial charge in [-0.2, -0.15) is 0 Å². The molecule has 1 atom stereocenters. The summed E-state index contributed by atoms with van der Waals surface area (Å²) >= 11 is 6.22. The van der Waals surface area contributed by atoms with E-state index in [0.29, 0.717) is 24.7 Å². The average molecular weight is 424 g/mol. The van der Waals surface area contributed by atoms with Crippen molar-refractivity contribution in [3.63, 3.8) is 0 Å². The molecular weight excluding hydrogens is 398 g/mol. The molecule has 4 rings (SSSR count). The third-order valence-corrected chi connectivity index (χ3v) is 5.61. The van der Waals surface area contributed by atoms with Crippen molar-refractivity contribution in [3.05, 3.63) is 77.2 Å². The number of benzene rings is 2. The van der Waals surface area contributed by atoms with E-state index in [0.717, 1.165) is 17.1 Å². The summed E-state index contributed by atoms with van der Waals surface area (Å²) in [4.78, 5) is 19.6. The van der Waals surface area contributed by atoms with Crippen LogP contribution in [0.25, 0.3) is 11.3 Å². The van der Waals surface area contributed by atoms with Gasteiger partial charge < -0.3 is 14.2 Å². The summed E-state index contributed by atoms with van der Waals surface area (Å²) in [7, 11) is 0. The van der Waals surface area contributed by atoms with E-state index in [1.54, 1.807) is 0 Å². The van der Waals surface area contributed by atoms with Crippen LogP contribution in [0.5, 0.6) is 0 Å². The molecule has 0 N–H and O–H groups in total. The predicted molar refractivity (Wildman–Crippen MR) is 118 cm³/mol. The van der Waals surface area contributed by atoms with Crippen LogP contribution in [-0.2, 0) is 16.1 Å². The highest BCUT2D eigenvalue weighted by atomic mass is 35.5. The molecule has 1 amide bonds. The van der Waals surface area contributed by atoms with Gasteiger partial charge in [0.25, 0.3) is 0 Å². The lowest BCUT2D eigenvalue weighted by molar-refractivity contribution is -0.147. The number of amides is 1. The fraction of sp³-hybridized carbons (Fsp3) is 0.333. The third kappa shape index (κ3) is 4.42. The van der Waals surface area contributed by atoms with E-state index in [2.05, 4.69) is 36.7 Å². The molecule has 2 heterocycles. The molecule has 1 aliphatic heterocycles. The fourth-order valence-corrected chi connectivity index (χ4v) is 4.17. The number of nitrogens with zero attached hydrogens (tertiary/aromatic N) is 3. The molecule has 1 fully saturated rings. The summed E-state index contributed by atoms with van der Waals surface area (Å²) < 4.78 is 7.52. The molecular formula is C24H26ClN3O2. The molecule has 5 nitrogen and oxygen atoms in total. The lowest BCUT2D eigenvalue weighted by Gasteiger charge is -2.36. The van der Waals surface area contributed by atoms with E-state index in [9.17, 15) is 4.79 Å². The maximum absolute atomic E-state index is 12.7. The van der Waals surface area contributed by atoms with E-state index < -0.39 is 0 Å². The molecule has 156 valence electrons. The number of rotatable bonds is 6. The van der Waals surface area contributed by atoms with Gasteiger partial charge in [0.05, 0.1) is 18.3 Å². The predicted octanol–water partition coefficient (Wildman–Crippen LogP) is 4.81. The zero-order chi connectivity index (χ0) is 21.1. The van der Waals surface area contributed by atoms with Crippen molar-refractivity contribution >= 4 is 17.5 Å². The Morgan fingerprint density at radius 1 is 1.13 bits per heavy atom. The van der Waals surface area contributed by atoms with Gasteiger partial charge in [-0.25, -0.2) is 4.98 Å². The van der Waals surface area contributed by atoms with Gasteiger partial charge in [0.15, 0.2) is 0 Å². The fourth-order valence-electron chi connectivity index (χ4n) is 3.98. The van der Waals surface area contributed by atoms with Crippen molar-refractivity contribution in [2.24, 2.45) is 5.92 Å². The lowest BCUT2D eigenvalue weighted by Crippen LogP contribution is -2.46. The Balaban J connectivity index is 1.79. The van der Waals surface area contributed by atoms with Gasteiger partial charge in [-0.1, -0.05) is 67.9 Å². The third-order valence-electron chi connectivity index (χ3n) is 5.38. The number of morpholine rings is 1. The molecule has 30 heavy (non-hydrogen) atoms. The molecule has 1 aliphatic rings. The van der Waals surface area contributed by atoms with Crippen LogP contribution in [0.4, 0.5) is 0 Å². The minimum Gasteiger partial charge on any atom is -0.370 e. The van der Waals surface area contributed by atoms with Gasteiger partial charge in [0, 0.05) is 29.9 Å². The average Bonchev–Trinajstić information content (AvgIpc) is 3.13. The van der Waals surface area contributed by atoms with Gasteiger partial charge in [0.2, 0.25) is 5.91 Å². The number of imidazole rings is 1. The molecule has 1 saturated heterocycles. The summed E-state index contributed by atoms with van der Waals surface area (Å²) in [6, 6.07) is 17.9. The Bertz CT molecular complexity index is 1020. The van der Waals surface area contributed by atoms with E-state index in [1.165, 1.54) is 5.56 Å². The zero-order valence-corrected chi connectivity index (χ0v) is 18.0. The summed E-state index contributed by atoms with van der Waals surface area (Å²) in [5, 5.41) is 0.676. The Morgan fingerprint density at radius 2 is 1.93 bits per heavy atom. The molecule has 0 spiro atoms. The largest absolute Gasteiger partial charge is 0.370 e. The van der Waals surface area contributed by atoms with Crippen LogP contribution in [0, 0.1) is 5.92 Å². The number of halogens is 1. The summed E-state index contributed by atoms with van der Waals surface area (Å²) in [5.74, 6) is 1.11. The molecule has 0 radical (unpaired) electrons. The quantitative estimate of drug-likeness (QED) is 0.571. The summed E-state index contributed by atoms with van der Waals surface area (Å²) in [6.07, 6.45) is 2.06. The first-order valence-corrected chi connectivity index (χ1v) is 10.6. The molecule has 0 saturated carbocycles. The Hall–Kier alpha value is -2.63. The van der Waals surface area contributed by atoms with Crippen LogP contribution in [0.1, 0.15) is 31.3 Å². The second-order valence-electron chi connectivity index (χ2n) is 7.94. The summed E-state index contributed by atoms with van der Waals surface area (Å²) in [5.41, 5.74) is 3.01. The normalized spacial score (nSPS) is 15.6. The second-order valence-corrected chi connectivity index (χ2v) is 8.37. The highest BCUT2D eigenvalue weighted by Gasteiger charge is 2.33. The van der Waals surface area contributed by atoms with Crippen molar-refractivity contribution in [2.45, 2.75) is 26.4 Å². The van der Waals surface area contributed by atoms with Crippen molar-refractivity contribution in [1.29, 1.82) is 0 Å². The lowest BCUT2D eigenvalue weighted by atomic mass is 10.0. The van der Waals surface area contributed by atoms with Gasteiger partial charge in [-0.3, -0.25) is 4.79 Å². The first kappa shape index (κ1) is 20.6. The van der Waals surface area contributed by atoms with E-state index in [4.69, 9.17) is 21.3 Å². The van der Waals surface area contributed by atoms with Crippen LogP contribution in [0.15, 0.2) is 60.8 Å². The van der Waals surface area contributed by atoms with Gasteiger partial charge in [0.1, 0.15) is 12.4 Å². The van der Waals surface area contributed by atoms with Gasteiger partial charge >= 0.3 is 0 Å². The van der Waals surface area contributed by atoms with Crippen LogP contribution in [-0.4, -0.2) is 40.1 Å². The van der Waals surface area contributed by atoms with Gasteiger partial charge in [-0.05, 0) is 23.6 Å². The maximum Gasteiger partial charge on any atom is 0.249 e. The minimum atomic E-state index is -0.127. The van der Waals surface area contributed by atoms with Crippen LogP contribution in [0.3, 0.4) is 0 Å². The second kappa shape index (κ2) is 9.02. The number of hydrogen-bond acceptors (Lipinski definition) is 3. The molecule has 0 bridgehead atoms. The van der Waals surface area contributed by atoms with Crippen LogP contribution >= 0.6 is 11.6 Å². The maximum atomic E-state index is 12.7. The smallest absolute Gasteiger partial charge is 0.249 e. The molecule has 1 unspecified atom stereocenters. The Kier molecular flexibility index (Phi) is 6.21. The molecule has 1 aromatic heterocycles. The standard InChI is InChI=1S/C24H26ClN3O2/c1-17(2)23(28-11-12-30-16-22(28)29)24-26-21(19-9-6-10-20(25)13-19)15-27(24)14-18-7-4-3-5-8-18/h3-10,13,15,17,23H,11-12,14,16H2,1-2H3. The summed E-state index contributed by atoms with van der Waals surface area (Å²) in [6.45, 7) is 6.21.